The van der Waals surface area contributed by atoms with Crippen molar-refractivity contribution < 1.29 is 155 Å². The number of aromatic nitrogens is 6. The fourth-order valence-electron chi connectivity index (χ4n) is 24.5. The number of benzene rings is 3. The zero-order valence-electron chi connectivity index (χ0n) is 80.9. The van der Waals surface area contributed by atoms with Gasteiger partial charge in [-0.25, -0.2) is 63.1 Å². The number of amides is 6. The predicted molar refractivity (Wildman–Crippen MR) is 501 cm³/mol. The topological polar surface area (TPSA) is 360 Å². The first-order chi connectivity index (χ1) is 65.2. The zero-order chi connectivity index (χ0) is 94.8. The van der Waals surface area contributed by atoms with Gasteiger partial charge in [-0.2, -0.15) is 8.78 Å². The molecule has 138 heavy (non-hydrogen) atoms. The van der Waals surface area contributed by atoms with E-state index >= 15 is 8.78 Å². The molecule has 751 valence electrons. The number of carbonyl (C=O) groups is 6. The summed E-state index contributed by atoms with van der Waals surface area (Å²) in [5.41, 5.74) is 3.05. The number of hydrogen-bond acceptors (Lipinski definition) is 24. The number of rotatable bonds is 11. The first kappa shape index (κ1) is 105. The summed E-state index contributed by atoms with van der Waals surface area (Å²) in [6, 6.07) is 10.9. The van der Waals surface area contributed by atoms with Crippen LogP contribution in [0.1, 0.15) is 268 Å². The van der Waals surface area contributed by atoms with E-state index in [1.165, 1.54) is 12.0 Å². The molecule has 3 saturated heterocycles. The number of ether oxygens (including phenoxy) is 9. The first-order valence-corrected chi connectivity index (χ1v) is 50.1. The van der Waals surface area contributed by atoms with Gasteiger partial charge < -0.3 is 87.7 Å². The maximum Gasteiger partial charge on any atom is 0.408 e. The minimum Gasteiger partial charge on any atom is -0.540 e. The maximum atomic E-state index is 16.1. The fraction of sp³-hybridized carbons (Fsp3) is 0.680. The number of hydrogen-bond donors (Lipinski definition) is 3. The number of carbonyl (C=O) groups excluding carboxylic acids is 9. The molecule has 10 fully saturated rings. The van der Waals surface area contributed by atoms with Crippen LogP contribution in [0.4, 0.5) is 23.2 Å². The molecule has 20 atom stereocenters. The van der Waals surface area contributed by atoms with Gasteiger partial charge in [-0.05, 0) is 228 Å². The third kappa shape index (κ3) is 22.7. The molecular formula is C103H139F2N12O18V3-3. The Labute approximate surface area is 847 Å². The Kier molecular flexibility index (Phi) is 34.5. The maximum absolute atomic E-state index is 16.1. The largest absolute Gasteiger partial charge is 0.540 e. The molecule has 7 saturated carbocycles. The fourth-order valence-corrected chi connectivity index (χ4v) is 24.5. The number of alkyl halides is 2. The number of nitrogens with zero attached hydrogens (tertiary/aromatic N) is 9. The Morgan fingerprint density at radius 2 is 0.783 bits per heavy atom. The van der Waals surface area contributed by atoms with Gasteiger partial charge in [0.25, 0.3) is 5.92 Å². The van der Waals surface area contributed by atoms with Gasteiger partial charge in [-0.1, -0.05) is 143 Å². The second kappa shape index (κ2) is 45.3. The van der Waals surface area contributed by atoms with Gasteiger partial charge >= 0.3 is 18.3 Å². The molecule has 6 aliphatic heterocycles. The van der Waals surface area contributed by atoms with Crippen molar-refractivity contribution in [2.75, 3.05) is 41.0 Å². The summed E-state index contributed by atoms with van der Waals surface area (Å²) in [6.07, 6.45) is 29.9. The average Bonchev–Trinajstić information content (AvgIpc) is 1.66. The minimum atomic E-state index is -3.36. The Bertz CT molecular complexity index is 5360. The number of methoxy groups -OCH3 is 3. The van der Waals surface area contributed by atoms with Crippen molar-refractivity contribution in [1.29, 1.82) is 0 Å². The average molecular weight is 2020 g/mol. The summed E-state index contributed by atoms with van der Waals surface area (Å²) in [5, 5.41) is 8.91. The molecule has 35 heteroatoms. The summed E-state index contributed by atoms with van der Waals surface area (Å²) in [7, 11) is 4.73. The molecule has 19 rings (SSSR count). The van der Waals surface area contributed by atoms with Crippen LogP contribution < -0.4 is 44.4 Å². The van der Waals surface area contributed by atoms with Gasteiger partial charge in [0.1, 0.15) is 83.4 Å². The minimum absolute atomic E-state index is 0. The van der Waals surface area contributed by atoms with Gasteiger partial charge in [0.05, 0.1) is 74.1 Å². The third-order valence-corrected chi connectivity index (χ3v) is 32.8. The van der Waals surface area contributed by atoms with E-state index in [2.05, 4.69) is 52.3 Å². The smallest absolute Gasteiger partial charge is 0.408 e. The van der Waals surface area contributed by atoms with Gasteiger partial charge in [-0.15, -0.1) is 0 Å². The molecule has 7 aliphatic carbocycles. The van der Waals surface area contributed by atoms with Crippen LogP contribution in [-0.4, -0.2) is 213 Å². The molecule has 9 heterocycles. The van der Waals surface area contributed by atoms with Crippen LogP contribution in [0.15, 0.2) is 54.6 Å². The van der Waals surface area contributed by atoms with Crippen LogP contribution >= 0.6 is 0 Å². The summed E-state index contributed by atoms with van der Waals surface area (Å²) in [4.78, 5) is 154. The predicted octanol–water partition coefficient (Wildman–Crippen LogP) is 17.0. The van der Waals surface area contributed by atoms with Gasteiger partial charge in [0, 0.05) is 84.6 Å². The molecule has 3 aromatic carbocycles. The standard InChI is InChI=1S/C35H43F2N4O6.C35H47N4O6.C33H43N4O6.3V.3H2/c1-19-26(18-42)41-17-28(19)46-31-29(38-24-10-9-21(45-3)16-25(24)39-31)35(36,37)13-5-4-8-22-23-14-20(23)15-27(22)47-33(44)40-30(32(41)43)34(2)11-6-7-12-34;1-4-24-28(21-40)39-20-30(24)44-32-26(36-25-16-15-23(43-3)19-27(25)37-32)13-7-5-6-11-22-12-10-14-29(22)45-34(42)38-31(33(39)41)35(2)17-8-9-18-35;1-4-22-26(19-38)37-18-28(22)42-30-24(34-23-13-12-21(41-3)17-25(23)35-30)11-7-5-6-10-20-16-27(20)43-32(40)36-29(31(37)39)33(2)14-8-9-15-33;;;;;;/h9-10,16,19-20,22-23,26-28,30H,4-8,11-15,17H2,1-3H3,(H,40,44);15-16,19,22,24,28-31H,4-14,17-18,20H2,1-3H3,(H,38,42);12-13,17,20,22,26-29H,4-11,14-16,18H2,1-3H3,(H,36,40);;;;3*1H/q3*-1;;;;;;/t19-,20?,22+,23?,26+,27+,28-,30+;22-,24+,28-,29-,30+,31-;20-,22+,26-,27-,28+,29-;;;;;;/m011....../s1. The van der Waals surface area contributed by atoms with Crippen LogP contribution in [0.25, 0.3) is 33.1 Å². The van der Waals surface area contributed by atoms with Crippen LogP contribution in [-0.2, 0) is 117 Å². The van der Waals surface area contributed by atoms with E-state index in [4.69, 9.17) is 62.6 Å². The van der Waals surface area contributed by atoms with Gasteiger partial charge in [-0.3, -0.25) is 14.4 Å². The molecule has 30 nitrogen and oxygen atoms in total. The third-order valence-electron chi connectivity index (χ3n) is 32.8. The van der Waals surface area contributed by atoms with Crippen molar-refractivity contribution in [3.8, 4) is 34.9 Å². The molecular weight excluding hydrogens is 1880 g/mol. The van der Waals surface area contributed by atoms with E-state index in [9.17, 15) is 43.2 Å². The quantitative estimate of drug-likeness (QED) is 0.0801. The molecule has 6 bridgehead atoms. The number of nitrogens with one attached hydrogen (secondary N) is 3. The normalized spacial score (nSPS) is 31.6. The van der Waals surface area contributed by atoms with Crippen molar-refractivity contribution in [3.63, 3.8) is 0 Å². The van der Waals surface area contributed by atoms with E-state index < -0.39 is 119 Å². The molecule has 3 aromatic heterocycles. The molecule has 3 N–H and O–H groups in total. The number of aryl methyl sites for hydroxylation is 2. The van der Waals surface area contributed by atoms with Crippen LogP contribution in [0.3, 0.4) is 0 Å². The van der Waals surface area contributed by atoms with E-state index in [1.54, 1.807) is 49.1 Å². The first-order valence-electron chi connectivity index (χ1n) is 50.1. The van der Waals surface area contributed by atoms with Gasteiger partial charge in [0.15, 0.2) is 5.69 Å². The van der Waals surface area contributed by atoms with Crippen molar-refractivity contribution in [1.82, 2.24) is 60.6 Å². The SMILES string of the molecule is CC[C@@H]1[C@@H]2CN(C(=O)[C@H](C3(C)CCCC3)NC(=O)O[C@@H]3CCC[C@H]3CCCCCc3nc4ccc(OC)cc4nc3O2)[C@@H]1[C-]=O.CC[C@@H]1[C@@H]2CN(C(=O)[C@H](C3(C)CCCC3)NC(=O)O[C@@H]3C[C@H]3CCCCCc3nc4ccc(OC)cc4nc3O2)[C@@H]1[C-]=O.COc1ccc2nc3c(nc2c1)O[C@H]1CN(C(=O)[C@H](C2(C)CCCC2)NC(=O)O[C@@H]2CC4CC4[C@H]2CCCCC3(F)F)[C@H]([C-]=O)[C@@H]1C.[HH].[HH].[HH].[V].[V].[V]. The van der Waals surface area contributed by atoms with Crippen molar-refractivity contribution in [3.05, 3.63) is 71.7 Å². The number of halogens is 2. The van der Waals surface area contributed by atoms with Crippen LogP contribution in [0, 0.1) is 63.6 Å². The zero-order valence-corrected chi connectivity index (χ0v) is 85.1. The molecule has 6 aromatic rings. The van der Waals surface area contributed by atoms with Crippen molar-refractivity contribution >= 4 is 88.0 Å². The second-order valence-electron chi connectivity index (χ2n) is 41.6. The van der Waals surface area contributed by atoms with E-state index in [1.807, 2.05) is 63.5 Å². The van der Waals surface area contributed by atoms with Crippen LogP contribution in [0.2, 0.25) is 0 Å². The summed E-state index contributed by atoms with van der Waals surface area (Å²) >= 11 is 0. The molecule has 3 radical (unpaired) electrons. The van der Waals surface area contributed by atoms with E-state index in [0.717, 1.165) is 189 Å². The van der Waals surface area contributed by atoms with E-state index in [0.29, 0.717) is 108 Å². The molecule has 6 amide bonds. The second-order valence-corrected chi connectivity index (χ2v) is 41.6. The molecule has 2 unspecified atom stereocenters. The summed E-state index contributed by atoms with van der Waals surface area (Å²) < 4.78 is 85.7. The number of alkyl carbamates (subject to hydrolysis) is 3. The van der Waals surface area contributed by atoms with Crippen molar-refractivity contribution in [2.24, 2.45) is 63.6 Å². The summed E-state index contributed by atoms with van der Waals surface area (Å²) in [6.45, 7) is 12.2. The van der Waals surface area contributed by atoms with Crippen LogP contribution in [0.5, 0.6) is 34.9 Å². The Balaban J connectivity index is 0.000000198. The Hall–Kier alpha value is -8.68. The van der Waals surface area contributed by atoms with E-state index in [-0.39, 0.29) is 145 Å². The number of fused-ring (bicyclic) bond motifs is 17. The molecule has 0 spiro atoms. The summed E-state index contributed by atoms with van der Waals surface area (Å²) in [5.74, 6) is -1.42. The monoisotopic (exact) mass is 2020 g/mol. The van der Waals surface area contributed by atoms with Crippen molar-refractivity contribution in [2.45, 2.75) is 339 Å². The Morgan fingerprint density at radius 1 is 0.399 bits per heavy atom. The van der Waals surface area contributed by atoms with Gasteiger partial charge in [0.2, 0.25) is 35.4 Å². The Morgan fingerprint density at radius 3 is 1.23 bits per heavy atom. The molecule has 13 aliphatic rings.